The van der Waals surface area contributed by atoms with Gasteiger partial charge in [-0.3, -0.25) is 4.79 Å². The number of carbonyl (C=O) groups is 2. The van der Waals surface area contributed by atoms with Gasteiger partial charge in [-0.2, -0.15) is 5.10 Å². The fourth-order valence-corrected chi connectivity index (χ4v) is 2.91. The highest BCUT2D eigenvalue weighted by Crippen LogP contribution is 2.32. The summed E-state index contributed by atoms with van der Waals surface area (Å²) in [5.41, 5.74) is -0.118. The average Bonchev–Trinajstić information content (AvgIpc) is 2.92. The van der Waals surface area contributed by atoms with Crippen LogP contribution in [0.25, 0.3) is 0 Å². The molecule has 1 atom stereocenters. The van der Waals surface area contributed by atoms with Gasteiger partial charge in [0.1, 0.15) is 17.0 Å². The van der Waals surface area contributed by atoms with E-state index >= 15 is 0 Å². The van der Waals surface area contributed by atoms with Crippen molar-refractivity contribution in [2.75, 3.05) is 7.11 Å². The number of hydrazone groups is 1. The Morgan fingerprint density at radius 3 is 2.62 bits per heavy atom. The van der Waals surface area contributed by atoms with Gasteiger partial charge in [-0.15, -0.1) is 5.01 Å². The number of phenols is 1. The summed E-state index contributed by atoms with van der Waals surface area (Å²) in [6.07, 6.45) is 1.64. The second-order valence-corrected chi connectivity index (χ2v) is 5.84. The number of methoxy groups -OCH3 is 1. The number of nitrogens with one attached hydrogen (secondary N) is 1. The van der Waals surface area contributed by atoms with Crippen LogP contribution in [-0.2, 0) is 10.3 Å². The number of amides is 3. The van der Waals surface area contributed by atoms with Crippen LogP contribution in [0.4, 0.5) is 4.79 Å². The molecule has 0 saturated carbocycles. The van der Waals surface area contributed by atoms with Crippen molar-refractivity contribution in [1.82, 2.24) is 10.3 Å². The van der Waals surface area contributed by atoms with E-state index in [0.29, 0.717) is 23.3 Å². The largest absolute Gasteiger partial charge is 0.507 e. The molecule has 2 aromatic rings. The fourth-order valence-electron chi connectivity index (χ4n) is 2.91. The fraction of sp³-hybridized carbons (Fsp3) is 0.211. The van der Waals surface area contributed by atoms with Crippen molar-refractivity contribution >= 4 is 18.2 Å². The van der Waals surface area contributed by atoms with E-state index in [1.807, 2.05) is 25.1 Å². The molecular formula is C19H19N3O4. The van der Waals surface area contributed by atoms with Crippen LogP contribution in [0.2, 0.25) is 0 Å². The number of carbonyl (C=O) groups excluding carboxylic acids is 2. The Kier molecular flexibility index (Phi) is 4.62. The molecule has 2 aromatic carbocycles. The Labute approximate surface area is 150 Å². The summed E-state index contributed by atoms with van der Waals surface area (Å²) in [6.45, 7) is 1.83. The number of nitrogens with zero attached hydrogens (tertiary/aromatic N) is 2. The minimum atomic E-state index is -1.15. The maximum Gasteiger partial charge on any atom is 0.346 e. The monoisotopic (exact) mass is 353 g/mol. The van der Waals surface area contributed by atoms with E-state index in [-0.39, 0.29) is 5.75 Å². The number of ether oxygens (including phenoxy) is 1. The zero-order valence-electron chi connectivity index (χ0n) is 14.5. The van der Waals surface area contributed by atoms with Crippen LogP contribution in [0.3, 0.4) is 0 Å². The number of rotatable bonds is 5. The van der Waals surface area contributed by atoms with Gasteiger partial charge in [-0.1, -0.05) is 37.3 Å². The molecule has 1 saturated heterocycles. The molecule has 1 aliphatic rings. The zero-order valence-corrected chi connectivity index (χ0v) is 14.5. The molecule has 0 spiro atoms. The van der Waals surface area contributed by atoms with Gasteiger partial charge in [0.15, 0.2) is 0 Å². The second kappa shape index (κ2) is 6.87. The summed E-state index contributed by atoms with van der Waals surface area (Å²) in [7, 11) is 1.50. The van der Waals surface area contributed by atoms with Crippen molar-refractivity contribution in [1.29, 1.82) is 0 Å². The van der Waals surface area contributed by atoms with E-state index < -0.39 is 17.5 Å². The van der Waals surface area contributed by atoms with Gasteiger partial charge in [0.2, 0.25) is 0 Å². The lowest BCUT2D eigenvalue weighted by Crippen LogP contribution is -2.43. The normalized spacial score (nSPS) is 19.8. The van der Waals surface area contributed by atoms with Crippen LogP contribution in [0.15, 0.2) is 53.6 Å². The Balaban J connectivity index is 1.93. The molecule has 1 aliphatic heterocycles. The van der Waals surface area contributed by atoms with E-state index in [0.717, 1.165) is 5.01 Å². The molecule has 1 heterocycles. The van der Waals surface area contributed by atoms with Crippen LogP contribution in [-0.4, -0.2) is 35.4 Å². The Morgan fingerprint density at radius 2 is 1.96 bits per heavy atom. The average molecular weight is 353 g/mol. The number of hydrogen-bond donors (Lipinski definition) is 2. The van der Waals surface area contributed by atoms with Crippen LogP contribution in [0, 0.1) is 0 Å². The van der Waals surface area contributed by atoms with Crippen LogP contribution >= 0.6 is 0 Å². The van der Waals surface area contributed by atoms with Gasteiger partial charge in [0.05, 0.1) is 13.3 Å². The Bertz CT molecular complexity index is 866. The molecule has 3 rings (SSSR count). The number of benzene rings is 2. The molecule has 7 heteroatoms. The van der Waals surface area contributed by atoms with Crippen LogP contribution < -0.4 is 10.1 Å². The predicted octanol–water partition coefficient (Wildman–Crippen LogP) is 2.59. The zero-order chi connectivity index (χ0) is 18.7. The topological polar surface area (TPSA) is 91.2 Å². The smallest absolute Gasteiger partial charge is 0.346 e. The van der Waals surface area contributed by atoms with Gasteiger partial charge < -0.3 is 15.2 Å². The van der Waals surface area contributed by atoms with Gasteiger partial charge in [0.25, 0.3) is 5.91 Å². The van der Waals surface area contributed by atoms with Crippen molar-refractivity contribution in [2.24, 2.45) is 5.10 Å². The van der Waals surface area contributed by atoms with E-state index in [4.69, 9.17) is 4.74 Å². The molecule has 0 aromatic heterocycles. The summed E-state index contributed by atoms with van der Waals surface area (Å²) in [4.78, 5) is 25.3. The third-order valence-electron chi connectivity index (χ3n) is 4.41. The first-order valence-electron chi connectivity index (χ1n) is 8.15. The highest BCUT2D eigenvalue weighted by Gasteiger charge is 2.51. The molecule has 0 aliphatic carbocycles. The molecule has 0 unspecified atom stereocenters. The number of phenolic OH excluding ortho intramolecular Hbond substituents is 1. The van der Waals surface area contributed by atoms with Gasteiger partial charge in [-0.05, 0) is 30.2 Å². The molecular weight excluding hydrogens is 334 g/mol. The number of hydrogen-bond acceptors (Lipinski definition) is 5. The SMILES string of the molecule is CC[C@]1(c2ccccc2)NC(=O)N(/N=C/c2cc(OC)ccc2O)C1=O. The van der Waals surface area contributed by atoms with Crippen molar-refractivity contribution < 1.29 is 19.4 Å². The number of imide groups is 1. The Morgan fingerprint density at radius 1 is 1.23 bits per heavy atom. The third-order valence-corrected chi connectivity index (χ3v) is 4.41. The van der Waals surface area contributed by atoms with Crippen molar-refractivity contribution in [3.63, 3.8) is 0 Å². The molecule has 7 nitrogen and oxygen atoms in total. The maximum atomic E-state index is 12.9. The van der Waals surface area contributed by atoms with Crippen LogP contribution in [0.5, 0.6) is 11.5 Å². The summed E-state index contributed by atoms with van der Waals surface area (Å²) in [5.74, 6) is 0.0231. The minimum absolute atomic E-state index is 0.0357. The van der Waals surface area contributed by atoms with Gasteiger partial charge in [-0.25, -0.2) is 4.79 Å². The highest BCUT2D eigenvalue weighted by molar-refractivity contribution is 6.07. The third kappa shape index (κ3) is 2.88. The van der Waals surface area contributed by atoms with Crippen molar-refractivity contribution in [3.8, 4) is 11.5 Å². The van der Waals surface area contributed by atoms with Crippen molar-refractivity contribution in [3.05, 3.63) is 59.7 Å². The molecule has 134 valence electrons. The molecule has 2 N–H and O–H groups in total. The first-order chi connectivity index (χ1) is 12.5. The quantitative estimate of drug-likeness (QED) is 0.638. The molecule has 3 amide bonds. The molecule has 0 bridgehead atoms. The maximum absolute atomic E-state index is 12.9. The lowest BCUT2D eigenvalue weighted by molar-refractivity contribution is -0.131. The van der Waals surface area contributed by atoms with Gasteiger partial charge in [0, 0.05) is 5.56 Å². The number of urea groups is 1. The summed E-state index contributed by atoms with van der Waals surface area (Å²) >= 11 is 0. The van der Waals surface area contributed by atoms with Crippen molar-refractivity contribution in [2.45, 2.75) is 18.9 Å². The van der Waals surface area contributed by atoms with E-state index in [1.165, 1.54) is 19.4 Å². The first kappa shape index (κ1) is 17.5. The standard InChI is InChI=1S/C19H19N3O4/c1-3-19(14-7-5-4-6-8-14)17(24)22(18(25)21-19)20-12-13-11-15(26-2)9-10-16(13)23/h4-12,23H,3H2,1-2H3,(H,21,25)/b20-12+/t19-/m1/s1. The van der Waals surface area contributed by atoms with Gasteiger partial charge >= 0.3 is 6.03 Å². The molecule has 0 radical (unpaired) electrons. The van der Waals surface area contributed by atoms with E-state index in [1.54, 1.807) is 24.3 Å². The summed E-state index contributed by atoms with van der Waals surface area (Å²) < 4.78 is 5.10. The van der Waals surface area contributed by atoms with E-state index in [9.17, 15) is 14.7 Å². The molecule has 26 heavy (non-hydrogen) atoms. The first-order valence-corrected chi connectivity index (χ1v) is 8.15. The summed E-state index contributed by atoms with van der Waals surface area (Å²) in [6, 6.07) is 13.0. The number of aromatic hydroxyl groups is 1. The van der Waals surface area contributed by atoms with Crippen LogP contribution in [0.1, 0.15) is 24.5 Å². The Hall–Kier alpha value is -3.35. The summed E-state index contributed by atoms with van der Waals surface area (Å²) in [5, 5.41) is 17.4. The highest BCUT2D eigenvalue weighted by atomic mass is 16.5. The molecule has 1 fully saturated rings. The minimum Gasteiger partial charge on any atom is -0.507 e. The lowest BCUT2D eigenvalue weighted by Gasteiger charge is -2.24. The lowest BCUT2D eigenvalue weighted by atomic mass is 9.87. The van der Waals surface area contributed by atoms with E-state index in [2.05, 4.69) is 10.4 Å². The second-order valence-electron chi connectivity index (χ2n) is 5.84. The predicted molar refractivity (Wildman–Crippen MR) is 96.0 cm³/mol.